The fourth-order valence-electron chi connectivity index (χ4n) is 0.687. The van der Waals surface area contributed by atoms with Crippen molar-refractivity contribution in [2.45, 2.75) is 20.3 Å². The van der Waals surface area contributed by atoms with E-state index in [-0.39, 0.29) is 6.61 Å². The number of ketones is 1. The Morgan fingerprint density at radius 2 is 2.00 bits per heavy atom. The molecule has 0 fully saturated rings. The number of alkyl halides is 2. The van der Waals surface area contributed by atoms with Crippen LogP contribution in [0.15, 0.2) is 11.6 Å². The van der Waals surface area contributed by atoms with E-state index in [0.29, 0.717) is 0 Å². The molecule has 13 heavy (non-hydrogen) atoms. The van der Waals surface area contributed by atoms with Gasteiger partial charge in [0.15, 0.2) is 0 Å². The number of halogens is 2. The van der Waals surface area contributed by atoms with Crippen LogP contribution in [0.25, 0.3) is 0 Å². The van der Waals surface area contributed by atoms with Crippen molar-refractivity contribution in [3.05, 3.63) is 11.6 Å². The number of hydrogen-bond donors (Lipinski definition) is 0. The minimum absolute atomic E-state index is 0.0483. The minimum atomic E-state index is -3.17. The number of ether oxygens (including phenoxy) is 1. The summed E-state index contributed by atoms with van der Waals surface area (Å²) in [5.74, 6) is -2.50. The van der Waals surface area contributed by atoms with Crippen LogP contribution in [0, 0.1) is 0 Å². The molecule has 0 radical (unpaired) electrons. The third-order valence-corrected chi connectivity index (χ3v) is 1.25. The Bertz CT molecular complexity index is 234. The summed E-state index contributed by atoms with van der Waals surface area (Å²) in [4.78, 5) is 21.5. The summed E-state index contributed by atoms with van der Waals surface area (Å²) in [6.45, 7) is 2.90. The number of esters is 1. The summed E-state index contributed by atoms with van der Waals surface area (Å²) < 4.78 is 28.1. The SMILES string of the molecule is C/C=C(\C(=O)OCC)C(=O)C(F)F. The highest BCUT2D eigenvalue weighted by atomic mass is 19.3. The Labute approximate surface area is 74.4 Å². The fraction of sp³-hybridized carbons (Fsp3) is 0.500. The molecule has 0 aliphatic rings. The van der Waals surface area contributed by atoms with Crippen LogP contribution >= 0.6 is 0 Å². The average Bonchev–Trinajstić information content (AvgIpc) is 2.05. The number of carbonyl (C=O) groups excluding carboxylic acids is 2. The standard InChI is InChI=1S/C8H10F2O3/c1-3-5(6(11)7(9)10)8(12)13-4-2/h3,7H,4H2,1-2H3/b5-3-. The van der Waals surface area contributed by atoms with E-state index in [1.54, 1.807) is 0 Å². The topological polar surface area (TPSA) is 43.4 Å². The van der Waals surface area contributed by atoms with E-state index in [4.69, 9.17) is 0 Å². The van der Waals surface area contributed by atoms with Crippen LogP contribution in [0.3, 0.4) is 0 Å². The smallest absolute Gasteiger partial charge is 0.341 e. The minimum Gasteiger partial charge on any atom is -0.462 e. The third kappa shape index (κ3) is 3.31. The van der Waals surface area contributed by atoms with Gasteiger partial charge >= 0.3 is 12.4 Å². The molecule has 0 saturated carbocycles. The largest absolute Gasteiger partial charge is 0.462 e. The second kappa shape index (κ2) is 5.40. The molecule has 0 rings (SSSR count). The van der Waals surface area contributed by atoms with E-state index >= 15 is 0 Å². The fourth-order valence-corrected chi connectivity index (χ4v) is 0.687. The Kier molecular flexibility index (Phi) is 4.87. The van der Waals surface area contributed by atoms with Crippen LogP contribution in [0.4, 0.5) is 8.78 Å². The summed E-state index contributed by atoms with van der Waals surface area (Å²) in [5, 5.41) is 0. The number of hydrogen-bond acceptors (Lipinski definition) is 3. The van der Waals surface area contributed by atoms with E-state index in [1.165, 1.54) is 13.8 Å². The zero-order chi connectivity index (χ0) is 10.4. The van der Waals surface area contributed by atoms with Gasteiger partial charge in [-0.05, 0) is 13.8 Å². The second-order valence-electron chi connectivity index (χ2n) is 2.09. The van der Waals surface area contributed by atoms with E-state index in [1.807, 2.05) is 0 Å². The van der Waals surface area contributed by atoms with Crippen molar-refractivity contribution in [1.82, 2.24) is 0 Å². The van der Waals surface area contributed by atoms with Crippen LogP contribution in [0.5, 0.6) is 0 Å². The molecule has 0 heterocycles. The maximum Gasteiger partial charge on any atom is 0.341 e. The normalized spacial score (nSPS) is 11.6. The van der Waals surface area contributed by atoms with Gasteiger partial charge < -0.3 is 4.74 Å². The molecule has 0 saturated heterocycles. The van der Waals surface area contributed by atoms with Gasteiger partial charge in [-0.1, -0.05) is 6.08 Å². The van der Waals surface area contributed by atoms with Crippen LogP contribution in [-0.4, -0.2) is 24.8 Å². The first kappa shape index (κ1) is 11.7. The second-order valence-corrected chi connectivity index (χ2v) is 2.09. The zero-order valence-electron chi connectivity index (χ0n) is 7.34. The Balaban J connectivity index is 4.54. The van der Waals surface area contributed by atoms with Crippen molar-refractivity contribution < 1.29 is 23.1 Å². The molecule has 0 bridgehead atoms. The molecule has 3 nitrogen and oxygen atoms in total. The first-order valence-corrected chi connectivity index (χ1v) is 3.70. The predicted octanol–water partition coefficient (Wildman–Crippen LogP) is 1.33. The number of Topliss-reactive ketones (excluding diaryl/α,β-unsaturated/α-hetero) is 1. The van der Waals surface area contributed by atoms with Gasteiger partial charge in [0.2, 0.25) is 5.78 Å². The van der Waals surface area contributed by atoms with Gasteiger partial charge in [0.05, 0.1) is 6.61 Å². The number of carbonyl (C=O) groups is 2. The third-order valence-electron chi connectivity index (χ3n) is 1.25. The maximum absolute atomic E-state index is 11.9. The van der Waals surface area contributed by atoms with E-state index in [2.05, 4.69) is 4.74 Å². The van der Waals surface area contributed by atoms with Crippen LogP contribution in [0.1, 0.15) is 13.8 Å². The number of rotatable bonds is 4. The van der Waals surface area contributed by atoms with E-state index in [9.17, 15) is 18.4 Å². The summed E-state index contributed by atoms with van der Waals surface area (Å²) in [6, 6.07) is 0. The summed E-state index contributed by atoms with van der Waals surface area (Å²) >= 11 is 0. The van der Waals surface area contributed by atoms with Gasteiger partial charge in [0.1, 0.15) is 5.57 Å². The average molecular weight is 192 g/mol. The van der Waals surface area contributed by atoms with Gasteiger partial charge in [0.25, 0.3) is 0 Å². The zero-order valence-corrected chi connectivity index (χ0v) is 7.34. The van der Waals surface area contributed by atoms with Crippen LogP contribution < -0.4 is 0 Å². The molecular formula is C8H10F2O3. The van der Waals surface area contributed by atoms with Gasteiger partial charge in [-0.15, -0.1) is 0 Å². The van der Waals surface area contributed by atoms with Crippen molar-refractivity contribution in [2.24, 2.45) is 0 Å². The molecular weight excluding hydrogens is 182 g/mol. The van der Waals surface area contributed by atoms with Crippen molar-refractivity contribution in [2.75, 3.05) is 6.61 Å². The van der Waals surface area contributed by atoms with Crippen molar-refractivity contribution >= 4 is 11.8 Å². The van der Waals surface area contributed by atoms with Crippen molar-refractivity contribution in [3.8, 4) is 0 Å². The van der Waals surface area contributed by atoms with Crippen LogP contribution in [-0.2, 0) is 14.3 Å². The van der Waals surface area contributed by atoms with E-state index < -0.39 is 23.8 Å². The highest BCUT2D eigenvalue weighted by Gasteiger charge is 2.25. The lowest BCUT2D eigenvalue weighted by Crippen LogP contribution is -2.21. The molecule has 0 aliphatic carbocycles. The lowest BCUT2D eigenvalue weighted by atomic mass is 10.1. The lowest BCUT2D eigenvalue weighted by molar-refractivity contribution is -0.141. The molecule has 0 N–H and O–H groups in total. The highest BCUT2D eigenvalue weighted by molar-refractivity contribution is 6.18. The molecule has 0 atom stereocenters. The van der Waals surface area contributed by atoms with Crippen molar-refractivity contribution in [1.29, 1.82) is 0 Å². The Morgan fingerprint density at radius 1 is 1.46 bits per heavy atom. The monoisotopic (exact) mass is 192 g/mol. The Hall–Kier alpha value is -1.26. The molecule has 0 aromatic rings. The molecule has 0 spiro atoms. The van der Waals surface area contributed by atoms with Gasteiger partial charge in [-0.25, -0.2) is 13.6 Å². The Morgan fingerprint density at radius 3 is 2.31 bits per heavy atom. The van der Waals surface area contributed by atoms with Crippen molar-refractivity contribution in [3.63, 3.8) is 0 Å². The highest BCUT2D eigenvalue weighted by Crippen LogP contribution is 2.07. The molecule has 0 amide bonds. The molecule has 74 valence electrons. The maximum atomic E-state index is 11.9. The summed E-state index contributed by atoms with van der Waals surface area (Å²) in [7, 11) is 0. The quantitative estimate of drug-likeness (QED) is 0.292. The molecule has 0 unspecified atom stereocenters. The van der Waals surface area contributed by atoms with Gasteiger partial charge in [-0.2, -0.15) is 0 Å². The summed E-state index contributed by atoms with van der Waals surface area (Å²) in [6.07, 6.45) is -2.15. The van der Waals surface area contributed by atoms with Crippen LogP contribution in [0.2, 0.25) is 0 Å². The molecule has 0 aromatic carbocycles. The first-order valence-electron chi connectivity index (χ1n) is 3.70. The predicted molar refractivity (Wildman–Crippen MR) is 41.4 cm³/mol. The molecule has 0 aromatic heterocycles. The lowest BCUT2D eigenvalue weighted by Gasteiger charge is -2.03. The number of allylic oxidation sites excluding steroid dienone is 1. The molecule has 5 heteroatoms. The van der Waals surface area contributed by atoms with E-state index in [0.717, 1.165) is 6.08 Å². The van der Waals surface area contributed by atoms with Gasteiger partial charge in [-0.3, -0.25) is 4.79 Å². The molecule has 0 aliphatic heterocycles. The summed E-state index contributed by atoms with van der Waals surface area (Å²) in [5.41, 5.74) is -0.600. The van der Waals surface area contributed by atoms with Gasteiger partial charge in [0, 0.05) is 0 Å². The first-order chi connectivity index (χ1) is 6.04.